The zero-order chi connectivity index (χ0) is 12.7. The lowest BCUT2D eigenvalue weighted by Gasteiger charge is -2.34. The molecular formula is C13H24N2O2. The van der Waals surface area contributed by atoms with E-state index in [1.807, 2.05) is 6.92 Å². The molecule has 1 rings (SSSR count). The summed E-state index contributed by atoms with van der Waals surface area (Å²) in [5.74, 6) is 0.0283. The van der Waals surface area contributed by atoms with Gasteiger partial charge in [0.05, 0.1) is 6.04 Å². The van der Waals surface area contributed by atoms with E-state index in [-0.39, 0.29) is 17.4 Å². The van der Waals surface area contributed by atoms with Crippen LogP contribution in [0, 0.1) is 5.41 Å². The Morgan fingerprint density at radius 2 is 2.18 bits per heavy atom. The van der Waals surface area contributed by atoms with Gasteiger partial charge in [-0.05, 0) is 25.2 Å². The molecule has 1 aliphatic rings. The first-order valence-corrected chi connectivity index (χ1v) is 6.27. The summed E-state index contributed by atoms with van der Waals surface area (Å²) in [7, 11) is 0. The molecule has 1 fully saturated rings. The molecule has 0 aromatic carbocycles. The van der Waals surface area contributed by atoms with Crippen molar-refractivity contribution in [3.05, 3.63) is 12.7 Å². The zero-order valence-electron chi connectivity index (χ0n) is 10.9. The first-order chi connectivity index (χ1) is 8.07. The fourth-order valence-electron chi connectivity index (χ4n) is 1.86. The maximum atomic E-state index is 11.6. The SMILES string of the molecule is C=CCNC(=O)C(C)NCC1(C)CCOCC1. The standard InChI is InChI=1S/C13H24N2O2/c1-4-7-14-12(16)11(2)15-10-13(3)5-8-17-9-6-13/h4,11,15H,1,5-10H2,2-3H3,(H,14,16). The molecule has 0 bridgehead atoms. The van der Waals surface area contributed by atoms with E-state index in [1.165, 1.54) is 0 Å². The molecule has 4 nitrogen and oxygen atoms in total. The van der Waals surface area contributed by atoms with Crippen LogP contribution in [0.25, 0.3) is 0 Å². The van der Waals surface area contributed by atoms with E-state index in [0.29, 0.717) is 6.54 Å². The Bertz CT molecular complexity index is 260. The van der Waals surface area contributed by atoms with Crippen molar-refractivity contribution in [1.29, 1.82) is 0 Å². The van der Waals surface area contributed by atoms with Gasteiger partial charge in [0.25, 0.3) is 0 Å². The minimum atomic E-state index is -0.158. The van der Waals surface area contributed by atoms with Gasteiger partial charge in [-0.25, -0.2) is 0 Å². The van der Waals surface area contributed by atoms with E-state index in [0.717, 1.165) is 32.6 Å². The normalized spacial score (nSPS) is 20.6. The summed E-state index contributed by atoms with van der Waals surface area (Å²) in [4.78, 5) is 11.6. The molecule has 17 heavy (non-hydrogen) atoms. The van der Waals surface area contributed by atoms with Gasteiger partial charge in [-0.15, -0.1) is 6.58 Å². The lowest BCUT2D eigenvalue weighted by atomic mass is 9.82. The average molecular weight is 240 g/mol. The Balaban J connectivity index is 2.28. The van der Waals surface area contributed by atoms with Crippen LogP contribution < -0.4 is 10.6 Å². The third kappa shape index (κ3) is 4.88. The number of amides is 1. The number of carbonyl (C=O) groups excluding carboxylic acids is 1. The highest BCUT2D eigenvalue weighted by Crippen LogP contribution is 2.28. The second-order valence-electron chi connectivity index (χ2n) is 5.06. The summed E-state index contributed by atoms with van der Waals surface area (Å²) in [6.45, 7) is 10.8. The third-order valence-corrected chi connectivity index (χ3v) is 3.35. The Morgan fingerprint density at radius 1 is 1.53 bits per heavy atom. The van der Waals surface area contributed by atoms with Crippen LogP contribution in [0.2, 0.25) is 0 Å². The van der Waals surface area contributed by atoms with Crippen LogP contribution in [0.1, 0.15) is 26.7 Å². The highest BCUT2D eigenvalue weighted by atomic mass is 16.5. The van der Waals surface area contributed by atoms with Crippen LogP contribution in [0.4, 0.5) is 0 Å². The molecule has 0 radical (unpaired) electrons. The lowest BCUT2D eigenvalue weighted by Crippen LogP contribution is -2.47. The molecule has 1 aliphatic heterocycles. The maximum absolute atomic E-state index is 11.6. The molecule has 1 saturated heterocycles. The first kappa shape index (κ1) is 14.2. The van der Waals surface area contributed by atoms with Crippen molar-refractivity contribution in [3.8, 4) is 0 Å². The second-order valence-corrected chi connectivity index (χ2v) is 5.06. The smallest absolute Gasteiger partial charge is 0.237 e. The maximum Gasteiger partial charge on any atom is 0.237 e. The molecule has 4 heteroatoms. The molecule has 0 spiro atoms. The molecular weight excluding hydrogens is 216 g/mol. The van der Waals surface area contributed by atoms with Crippen molar-refractivity contribution in [3.63, 3.8) is 0 Å². The molecule has 0 aromatic rings. The van der Waals surface area contributed by atoms with Crippen LogP contribution in [-0.2, 0) is 9.53 Å². The van der Waals surface area contributed by atoms with Gasteiger partial charge in [-0.3, -0.25) is 4.79 Å². The van der Waals surface area contributed by atoms with Gasteiger partial charge in [0.1, 0.15) is 0 Å². The second kappa shape index (κ2) is 6.77. The number of ether oxygens (including phenoxy) is 1. The number of rotatable bonds is 6. The quantitative estimate of drug-likeness (QED) is 0.683. The van der Waals surface area contributed by atoms with E-state index in [9.17, 15) is 4.79 Å². The monoisotopic (exact) mass is 240 g/mol. The highest BCUT2D eigenvalue weighted by Gasteiger charge is 2.28. The topological polar surface area (TPSA) is 50.4 Å². The first-order valence-electron chi connectivity index (χ1n) is 6.27. The van der Waals surface area contributed by atoms with Gasteiger partial charge in [-0.1, -0.05) is 13.0 Å². The predicted octanol–water partition coefficient (Wildman–Crippen LogP) is 1.08. The molecule has 98 valence electrons. The number of carbonyl (C=O) groups is 1. The van der Waals surface area contributed by atoms with Crippen molar-refractivity contribution >= 4 is 5.91 Å². The zero-order valence-corrected chi connectivity index (χ0v) is 10.9. The largest absolute Gasteiger partial charge is 0.381 e. The molecule has 0 aliphatic carbocycles. The molecule has 1 unspecified atom stereocenters. The van der Waals surface area contributed by atoms with Crippen LogP contribution in [0.5, 0.6) is 0 Å². The Hall–Kier alpha value is -0.870. The van der Waals surface area contributed by atoms with Crippen molar-refractivity contribution < 1.29 is 9.53 Å². The van der Waals surface area contributed by atoms with E-state index < -0.39 is 0 Å². The Kier molecular flexibility index (Phi) is 5.65. The summed E-state index contributed by atoms with van der Waals surface area (Å²) < 4.78 is 5.35. The molecule has 0 saturated carbocycles. The fraction of sp³-hybridized carbons (Fsp3) is 0.769. The number of hydrogen-bond acceptors (Lipinski definition) is 3. The molecule has 0 aromatic heterocycles. The van der Waals surface area contributed by atoms with E-state index >= 15 is 0 Å². The van der Waals surface area contributed by atoms with Crippen LogP contribution in [0.15, 0.2) is 12.7 Å². The van der Waals surface area contributed by atoms with Crippen LogP contribution in [0.3, 0.4) is 0 Å². The summed E-state index contributed by atoms with van der Waals surface area (Å²) in [5.41, 5.74) is 0.255. The van der Waals surface area contributed by atoms with Gasteiger partial charge < -0.3 is 15.4 Å². The third-order valence-electron chi connectivity index (χ3n) is 3.35. The summed E-state index contributed by atoms with van der Waals surface area (Å²) >= 11 is 0. The van der Waals surface area contributed by atoms with Crippen LogP contribution >= 0.6 is 0 Å². The lowest BCUT2D eigenvalue weighted by molar-refractivity contribution is -0.122. The van der Waals surface area contributed by atoms with E-state index in [2.05, 4.69) is 24.1 Å². The summed E-state index contributed by atoms with van der Waals surface area (Å²) in [6.07, 6.45) is 3.80. The summed E-state index contributed by atoms with van der Waals surface area (Å²) in [5, 5.41) is 6.09. The summed E-state index contributed by atoms with van der Waals surface area (Å²) in [6, 6.07) is -0.158. The van der Waals surface area contributed by atoms with Crippen molar-refractivity contribution in [2.24, 2.45) is 5.41 Å². The van der Waals surface area contributed by atoms with Crippen molar-refractivity contribution in [1.82, 2.24) is 10.6 Å². The number of hydrogen-bond donors (Lipinski definition) is 2. The molecule has 1 atom stereocenters. The minimum Gasteiger partial charge on any atom is -0.381 e. The van der Waals surface area contributed by atoms with E-state index in [4.69, 9.17) is 4.74 Å². The predicted molar refractivity (Wildman–Crippen MR) is 68.8 cm³/mol. The van der Waals surface area contributed by atoms with Gasteiger partial charge >= 0.3 is 0 Å². The van der Waals surface area contributed by atoms with E-state index in [1.54, 1.807) is 6.08 Å². The fourth-order valence-corrected chi connectivity index (χ4v) is 1.86. The van der Waals surface area contributed by atoms with Crippen molar-refractivity contribution in [2.45, 2.75) is 32.7 Å². The Labute approximate surface area is 104 Å². The molecule has 2 N–H and O–H groups in total. The number of nitrogens with one attached hydrogen (secondary N) is 2. The van der Waals surface area contributed by atoms with Crippen LogP contribution in [-0.4, -0.2) is 38.3 Å². The molecule has 1 heterocycles. The minimum absolute atomic E-state index is 0.0283. The average Bonchev–Trinajstić information content (AvgIpc) is 2.34. The van der Waals surface area contributed by atoms with Gasteiger partial charge in [0.2, 0.25) is 5.91 Å². The Morgan fingerprint density at radius 3 is 2.76 bits per heavy atom. The molecule has 1 amide bonds. The van der Waals surface area contributed by atoms with Crippen molar-refractivity contribution in [2.75, 3.05) is 26.3 Å². The highest BCUT2D eigenvalue weighted by molar-refractivity contribution is 5.81. The van der Waals surface area contributed by atoms with Gasteiger partial charge in [0.15, 0.2) is 0 Å². The van der Waals surface area contributed by atoms with Gasteiger partial charge in [0, 0.05) is 26.3 Å². The van der Waals surface area contributed by atoms with Gasteiger partial charge in [-0.2, -0.15) is 0 Å².